The molecule has 1 aromatic rings. The minimum Gasteiger partial charge on any atom is -0.507 e. The summed E-state index contributed by atoms with van der Waals surface area (Å²) >= 11 is 0. The van der Waals surface area contributed by atoms with Crippen molar-refractivity contribution in [2.24, 2.45) is 0 Å². The molecule has 2 heterocycles. The zero-order valence-corrected chi connectivity index (χ0v) is 13.0. The summed E-state index contributed by atoms with van der Waals surface area (Å²) in [4.78, 5) is 2.31. The van der Waals surface area contributed by atoms with Gasteiger partial charge in [-0.3, -0.25) is 4.90 Å². The van der Waals surface area contributed by atoms with Crippen LogP contribution in [-0.2, 0) is 16.0 Å². The van der Waals surface area contributed by atoms with Crippen molar-refractivity contribution in [3.8, 4) is 11.5 Å². The fourth-order valence-corrected chi connectivity index (χ4v) is 3.07. The number of nitrogens with zero attached hydrogens (tertiary/aromatic N) is 1. The molecule has 0 aromatic heterocycles. The maximum absolute atomic E-state index is 10.1. The molecule has 2 fully saturated rings. The number of aromatic hydroxyl groups is 1. The van der Waals surface area contributed by atoms with Gasteiger partial charge in [0.15, 0.2) is 0 Å². The molecule has 1 spiro atoms. The Bertz CT molecular complexity index is 501. The number of hydrogen-bond acceptors (Lipinski definition) is 6. The highest BCUT2D eigenvalue weighted by molar-refractivity contribution is 5.39. The van der Waals surface area contributed by atoms with E-state index >= 15 is 0 Å². The Labute approximate surface area is 131 Å². The van der Waals surface area contributed by atoms with Crippen molar-refractivity contribution in [3.05, 3.63) is 23.8 Å². The zero-order chi connectivity index (χ0) is 15.4. The molecule has 2 aliphatic heterocycles. The van der Waals surface area contributed by atoms with Crippen molar-refractivity contribution in [2.75, 3.05) is 53.1 Å². The van der Waals surface area contributed by atoms with E-state index in [9.17, 15) is 5.11 Å². The van der Waals surface area contributed by atoms with E-state index in [1.807, 2.05) is 12.1 Å². The molecule has 1 atom stereocenters. The van der Waals surface area contributed by atoms with Crippen LogP contribution in [0.25, 0.3) is 0 Å². The molecule has 0 amide bonds. The lowest BCUT2D eigenvalue weighted by Crippen LogP contribution is -2.57. The summed E-state index contributed by atoms with van der Waals surface area (Å²) in [7, 11) is 1.60. The Balaban J connectivity index is 1.67. The van der Waals surface area contributed by atoms with Gasteiger partial charge in [0.1, 0.15) is 17.1 Å². The van der Waals surface area contributed by atoms with Crippen LogP contribution in [0.4, 0.5) is 0 Å². The first kappa shape index (κ1) is 15.6. The quantitative estimate of drug-likeness (QED) is 0.852. The molecule has 2 saturated heterocycles. The largest absolute Gasteiger partial charge is 0.507 e. The van der Waals surface area contributed by atoms with E-state index in [0.717, 1.165) is 38.3 Å². The molecule has 122 valence electrons. The summed E-state index contributed by atoms with van der Waals surface area (Å²) in [6.07, 6.45) is 0. The number of phenolic OH excluding ortho intramolecular Hbond substituents is 1. The highest BCUT2D eigenvalue weighted by Crippen LogP contribution is 2.27. The molecule has 0 unspecified atom stereocenters. The molecule has 2 aliphatic rings. The first-order valence-electron chi connectivity index (χ1n) is 7.71. The lowest BCUT2D eigenvalue weighted by molar-refractivity contribution is -0.135. The number of methoxy groups -OCH3 is 1. The average Bonchev–Trinajstić information content (AvgIpc) is 2.75. The molecule has 3 rings (SSSR count). The van der Waals surface area contributed by atoms with Crippen LogP contribution in [0.1, 0.15) is 5.56 Å². The number of ether oxygens (including phenoxy) is 3. The van der Waals surface area contributed by atoms with Crippen LogP contribution >= 0.6 is 0 Å². The van der Waals surface area contributed by atoms with Crippen molar-refractivity contribution >= 4 is 0 Å². The van der Waals surface area contributed by atoms with Crippen molar-refractivity contribution in [2.45, 2.75) is 12.1 Å². The van der Waals surface area contributed by atoms with Crippen LogP contribution in [0.2, 0.25) is 0 Å². The monoisotopic (exact) mass is 308 g/mol. The molecule has 0 saturated carbocycles. The van der Waals surface area contributed by atoms with Gasteiger partial charge in [-0.1, -0.05) is 6.07 Å². The van der Waals surface area contributed by atoms with Gasteiger partial charge in [-0.15, -0.1) is 0 Å². The van der Waals surface area contributed by atoms with E-state index in [2.05, 4.69) is 10.2 Å². The van der Waals surface area contributed by atoms with Gasteiger partial charge >= 0.3 is 0 Å². The van der Waals surface area contributed by atoms with Crippen LogP contribution in [0.5, 0.6) is 11.5 Å². The second-order valence-corrected chi connectivity index (χ2v) is 5.97. The van der Waals surface area contributed by atoms with E-state index in [0.29, 0.717) is 25.5 Å². The van der Waals surface area contributed by atoms with Crippen molar-refractivity contribution in [1.82, 2.24) is 10.2 Å². The van der Waals surface area contributed by atoms with E-state index in [1.165, 1.54) is 0 Å². The Morgan fingerprint density at radius 1 is 1.41 bits per heavy atom. The second-order valence-electron chi connectivity index (χ2n) is 5.97. The van der Waals surface area contributed by atoms with Gasteiger partial charge in [-0.25, -0.2) is 0 Å². The van der Waals surface area contributed by atoms with E-state index in [4.69, 9.17) is 14.2 Å². The minimum atomic E-state index is -0.281. The third-order valence-corrected chi connectivity index (χ3v) is 4.25. The molecular formula is C16H24N2O4. The van der Waals surface area contributed by atoms with Gasteiger partial charge < -0.3 is 24.6 Å². The van der Waals surface area contributed by atoms with Crippen molar-refractivity contribution < 1.29 is 19.3 Å². The molecule has 6 heteroatoms. The zero-order valence-electron chi connectivity index (χ0n) is 13.0. The summed E-state index contributed by atoms with van der Waals surface area (Å²) in [5.41, 5.74) is 0.622. The molecule has 0 bridgehead atoms. The van der Waals surface area contributed by atoms with Crippen molar-refractivity contribution in [1.29, 1.82) is 0 Å². The van der Waals surface area contributed by atoms with Gasteiger partial charge in [0.25, 0.3) is 0 Å². The van der Waals surface area contributed by atoms with E-state index < -0.39 is 0 Å². The van der Waals surface area contributed by atoms with Crippen LogP contribution in [-0.4, -0.2) is 68.7 Å². The fraction of sp³-hybridized carbons (Fsp3) is 0.625. The molecular weight excluding hydrogens is 284 g/mol. The third kappa shape index (κ3) is 3.52. The molecule has 1 aromatic carbocycles. The standard InChI is InChI=1S/C16H24N2O4/c1-20-14-3-2-13(15(19)8-14)9-18-5-7-22-16(11-18)10-17-4-6-21-12-16/h2-3,8,17,19H,4-7,9-12H2,1H3/t16-/m1/s1. The number of hydrogen-bond donors (Lipinski definition) is 2. The first-order chi connectivity index (χ1) is 10.7. The summed E-state index contributed by atoms with van der Waals surface area (Å²) < 4.78 is 16.8. The predicted octanol–water partition coefficient (Wildman–Crippen LogP) is 0.592. The van der Waals surface area contributed by atoms with Crippen LogP contribution in [0.3, 0.4) is 0 Å². The number of phenols is 1. The maximum atomic E-state index is 10.1. The number of benzene rings is 1. The van der Waals surface area contributed by atoms with Gasteiger partial charge in [-0.05, 0) is 6.07 Å². The SMILES string of the molecule is COc1ccc(CN2CCO[C@]3(CNCCOC3)C2)c(O)c1. The lowest BCUT2D eigenvalue weighted by atomic mass is 10.0. The predicted molar refractivity (Wildman–Crippen MR) is 82.3 cm³/mol. The van der Waals surface area contributed by atoms with Gasteiger partial charge in [0, 0.05) is 44.4 Å². The molecule has 6 nitrogen and oxygen atoms in total. The normalized spacial score (nSPS) is 26.8. The Morgan fingerprint density at radius 2 is 2.32 bits per heavy atom. The number of rotatable bonds is 3. The molecule has 2 N–H and O–H groups in total. The second kappa shape index (κ2) is 6.83. The Morgan fingerprint density at radius 3 is 3.14 bits per heavy atom. The molecule has 0 aliphatic carbocycles. The maximum Gasteiger partial charge on any atom is 0.123 e. The van der Waals surface area contributed by atoms with Crippen molar-refractivity contribution in [3.63, 3.8) is 0 Å². The Kier molecular flexibility index (Phi) is 4.83. The van der Waals surface area contributed by atoms with Gasteiger partial charge in [-0.2, -0.15) is 0 Å². The van der Waals surface area contributed by atoms with Crippen LogP contribution in [0.15, 0.2) is 18.2 Å². The van der Waals surface area contributed by atoms with Crippen LogP contribution < -0.4 is 10.1 Å². The van der Waals surface area contributed by atoms with Gasteiger partial charge in [0.2, 0.25) is 0 Å². The van der Waals surface area contributed by atoms with E-state index in [-0.39, 0.29) is 11.4 Å². The van der Waals surface area contributed by atoms with Gasteiger partial charge in [0.05, 0.1) is 26.9 Å². The molecule has 22 heavy (non-hydrogen) atoms. The summed E-state index contributed by atoms with van der Waals surface area (Å²) in [6, 6.07) is 5.45. The minimum absolute atomic E-state index is 0.273. The first-order valence-corrected chi connectivity index (χ1v) is 7.71. The smallest absolute Gasteiger partial charge is 0.123 e. The Hall–Kier alpha value is -1.34. The average molecular weight is 308 g/mol. The summed E-state index contributed by atoms with van der Waals surface area (Å²) in [6.45, 7) is 6.04. The third-order valence-electron chi connectivity index (χ3n) is 4.25. The summed E-state index contributed by atoms with van der Waals surface area (Å²) in [5, 5.41) is 13.5. The highest BCUT2D eigenvalue weighted by Gasteiger charge is 2.38. The highest BCUT2D eigenvalue weighted by atomic mass is 16.5. The number of morpholine rings is 1. The van der Waals surface area contributed by atoms with E-state index in [1.54, 1.807) is 13.2 Å². The fourth-order valence-electron chi connectivity index (χ4n) is 3.07. The summed E-state index contributed by atoms with van der Waals surface area (Å²) in [5.74, 6) is 0.941. The topological polar surface area (TPSA) is 63.2 Å². The number of nitrogens with one attached hydrogen (secondary N) is 1. The van der Waals surface area contributed by atoms with Crippen LogP contribution in [0, 0.1) is 0 Å². The molecule has 0 radical (unpaired) electrons. The lowest BCUT2D eigenvalue weighted by Gasteiger charge is -2.41.